The van der Waals surface area contributed by atoms with Gasteiger partial charge >= 0.3 is 0 Å². The van der Waals surface area contributed by atoms with Crippen molar-refractivity contribution in [1.82, 2.24) is 0 Å². The second kappa shape index (κ2) is 5.23. The summed E-state index contributed by atoms with van der Waals surface area (Å²) >= 11 is 0. The average Bonchev–Trinajstić information content (AvgIpc) is 2.39. The van der Waals surface area contributed by atoms with Gasteiger partial charge in [-0.25, -0.2) is 8.78 Å². The molecule has 0 spiro atoms. The predicted molar refractivity (Wildman–Crippen MR) is 75.8 cm³/mol. The molecule has 0 atom stereocenters. The van der Waals surface area contributed by atoms with Gasteiger partial charge in [0.2, 0.25) is 0 Å². The third kappa shape index (κ3) is 2.91. The monoisotopic (exact) mass is 278 g/mol. The molecule has 0 aliphatic heterocycles. The van der Waals surface area contributed by atoms with Gasteiger partial charge in [-0.1, -0.05) is 24.3 Å². The van der Waals surface area contributed by atoms with Gasteiger partial charge in [-0.15, -0.1) is 0 Å². The minimum atomic E-state index is -0.566. The van der Waals surface area contributed by atoms with Crippen LogP contribution in [0.25, 0.3) is 11.1 Å². The first kappa shape index (κ1) is 13.9. The molecular formula is C15H16F2OSi. The van der Waals surface area contributed by atoms with Crippen molar-refractivity contribution in [2.24, 2.45) is 0 Å². The Morgan fingerprint density at radius 2 is 1.63 bits per heavy atom. The quantitative estimate of drug-likeness (QED) is 0.784. The summed E-state index contributed by atoms with van der Waals surface area (Å²) in [6.07, 6.45) is 0. The summed E-state index contributed by atoms with van der Waals surface area (Å²) in [6.45, 7) is 3.99. The van der Waals surface area contributed by atoms with E-state index < -0.39 is 11.6 Å². The highest BCUT2D eigenvalue weighted by Gasteiger charge is 2.18. The van der Waals surface area contributed by atoms with Crippen molar-refractivity contribution in [2.75, 3.05) is 0 Å². The minimum absolute atomic E-state index is 0.327. The van der Waals surface area contributed by atoms with Crippen LogP contribution < -0.4 is 0 Å². The van der Waals surface area contributed by atoms with Gasteiger partial charge in [-0.3, -0.25) is 0 Å². The van der Waals surface area contributed by atoms with E-state index >= 15 is 0 Å². The maximum Gasteiger partial charge on any atom is 0.147 e. The van der Waals surface area contributed by atoms with Gasteiger partial charge in [-0.05, 0) is 37.1 Å². The summed E-state index contributed by atoms with van der Waals surface area (Å²) in [7, 11) is 0.652. The van der Waals surface area contributed by atoms with Gasteiger partial charge in [0, 0.05) is 11.6 Å². The van der Waals surface area contributed by atoms with E-state index in [4.69, 9.17) is 4.43 Å². The summed E-state index contributed by atoms with van der Waals surface area (Å²) < 4.78 is 32.1. The van der Waals surface area contributed by atoms with E-state index in [2.05, 4.69) is 0 Å². The highest BCUT2D eigenvalue weighted by Crippen LogP contribution is 2.28. The van der Waals surface area contributed by atoms with Crippen molar-refractivity contribution >= 4 is 10.5 Å². The molecule has 0 saturated heterocycles. The fourth-order valence-corrected chi connectivity index (χ4v) is 2.13. The smallest absolute Gasteiger partial charge is 0.147 e. The molecular weight excluding hydrogens is 262 g/mol. The lowest BCUT2D eigenvalue weighted by Gasteiger charge is -2.24. The van der Waals surface area contributed by atoms with Crippen LogP contribution in [0.2, 0.25) is 0 Å². The van der Waals surface area contributed by atoms with Crippen LogP contribution in [0, 0.1) is 11.6 Å². The molecule has 2 rings (SSSR count). The molecule has 0 heterocycles. The lowest BCUT2D eigenvalue weighted by molar-refractivity contribution is 0.123. The molecule has 0 amide bonds. The van der Waals surface area contributed by atoms with Gasteiger partial charge < -0.3 is 4.43 Å². The van der Waals surface area contributed by atoms with Gasteiger partial charge in [0.15, 0.2) is 0 Å². The van der Waals surface area contributed by atoms with Crippen LogP contribution in [0.1, 0.15) is 19.4 Å². The van der Waals surface area contributed by atoms with Crippen LogP contribution in [0.15, 0.2) is 42.5 Å². The SMILES string of the molecule is CC(C)(O[SiH3])c1ccc(-c2ccc(F)cc2F)cc1. The van der Waals surface area contributed by atoms with Gasteiger partial charge in [0.25, 0.3) is 0 Å². The summed E-state index contributed by atoms with van der Waals surface area (Å²) in [6, 6.07) is 11.1. The number of hydrogen-bond acceptors (Lipinski definition) is 1. The normalized spacial score (nSPS) is 11.8. The lowest BCUT2D eigenvalue weighted by Crippen LogP contribution is -2.19. The molecule has 2 aromatic rings. The van der Waals surface area contributed by atoms with E-state index in [1.54, 1.807) is 0 Å². The second-order valence-corrected chi connectivity index (χ2v) is 5.32. The molecule has 0 aromatic heterocycles. The van der Waals surface area contributed by atoms with E-state index in [1.165, 1.54) is 12.1 Å². The maximum atomic E-state index is 13.7. The lowest BCUT2D eigenvalue weighted by atomic mass is 9.95. The molecule has 0 radical (unpaired) electrons. The van der Waals surface area contributed by atoms with Crippen LogP contribution in [0.3, 0.4) is 0 Å². The molecule has 0 fully saturated rings. The van der Waals surface area contributed by atoms with E-state index in [0.29, 0.717) is 16.0 Å². The molecule has 1 nitrogen and oxygen atoms in total. The first-order valence-electron chi connectivity index (χ1n) is 6.05. The Hall–Kier alpha value is -1.52. The molecule has 0 bridgehead atoms. The van der Waals surface area contributed by atoms with Crippen LogP contribution in [-0.4, -0.2) is 10.5 Å². The molecule has 19 heavy (non-hydrogen) atoms. The van der Waals surface area contributed by atoms with Crippen molar-refractivity contribution < 1.29 is 13.2 Å². The fraction of sp³-hybridized carbons (Fsp3) is 0.200. The molecule has 100 valence electrons. The van der Waals surface area contributed by atoms with Crippen molar-refractivity contribution in [3.63, 3.8) is 0 Å². The zero-order valence-corrected chi connectivity index (χ0v) is 13.2. The van der Waals surface area contributed by atoms with E-state index in [0.717, 1.165) is 17.2 Å². The van der Waals surface area contributed by atoms with Crippen molar-refractivity contribution in [3.05, 3.63) is 59.7 Å². The number of hydrogen-bond donors (Lipinski definition) is 0. The van der Waals surface area contributed by atoms with Crippen LogP contribution in [-0.2, 0) is 10.0 Å². The zero-order chi connectivity index (χ0) is 14.0. The second-order valence-electron chi connectivity index (χ2n) is 4.92. The third-order valence-corrected chi connectivity index (χ3v) is 4.35. The first-order valence-corrected chi connectivity index (χ1v) is 6.87. The van der Waals surface area contributed by atoms with Gasteiger partial charge in [0.05, 0.1) is 5.60 Å². The largest absolute Gasteiger partial charge is 0.419 e. The van der Waals surface area contributed by atoms with Gasteiger partial charge in [0.1, 0.15) is 22.1 Å². The Morgan fingerprint density at radius 1 is 1.00 bits per heavy atom. The average molecular weight is 278 g/mol. The Morgan fingerprint density at radius 3 is 2.16 bits per heavy atom. The predicted octanol–water partition coefficient (Wildman–Crippen LogP) is 3.16. The highest BCUT2D eigenvalue weighted by atomic mass is 28.2. The molecule has 0 saturated carbocycles. The Balaban J connectivity index is 2.38. The highest BCUT2D eigenvalue weighted by molar-refractivity contribution is 5.98. The maximum absolute atomic E-state index is 13.7. The summed E-state index contributed by atoms with van der Waals surface area (Å²) in [4.78, 5) is 0. The minimum Gasteiger partial charge on any atom is -0.419 e. The Labute approximate surface area is 114 Å². The Bertz CT molecular complexity index is 579. The first-order chi connectivity index (χ1) is 8.94. The van der Waals surface area contributed by atoms with Gasteiger partial charge in [-0.2, -0.15) is 0 Å². The molecule has 0 unspecified atom stereocenters. The van der Waals surface area contributed by atoms with Crippen molar-refractivity contribution in [3.8, 4) is 11.1 Å². The van der Waals surface area contributed by atoms with E-state index in [1.807, 2.05) is 38.1 Å². The Kier molecular flexibility index (Phi) is 3.82. The summed E-state index contributed by atoms with van der Waals surface area (Å²) in [5.74, 6) is -1.12. The van der Waals surface area contributed by atoms with Crippen LogP contribution in [0.5, 0.6) is 0 Å². The molecule has 2 aromatic carbocycles. The standard InChI is InChI=1S/C15H16F2OSi/c1-15(2,18-19)11-5-3-10(4-6-11)13-8-7-12(16)9-14(13)17/h3-9H,1-2,19H3. The number of rotatable bonds is 3. The van der Waals surface area contributed by atoms with E-state index in [-0.39, 0.29) is 5.60 Å². The number of benzene rings is 2. The topological polar surface area (TPSA) is 9.23 Å². The van der Waals surface area contributed by atoms with Crippen molar-refractivity contribution in [1.29, 1.82) is 0 Å². The van der Waals surface area contributed by atoms with Crippen LogP contribution in [0.4, 0.5) is 8.78 Å². The molecule has 0 aliphatic rings. The fourth-order valence-electron chi connectivity index (χ4n) is 1.89. The van der Waals surface area contributed by atoms with E-state index in [9.17, 15) is 8.78 Å². The number of halogens is 2. The summed E-state index contributed by atoms with van der Waals surface area (Å²) in [5.41, 5.74) is 1.84. The summed E-state index contributed by atoms with van der Waals surface area (Å²) in [5, 5.41) is 0. The molecule has 0 aliphatic carbocycles. The van der Waals surface area contributed by atoms with Crippen molar-refractivity contribution in [2.45, 2.75) is 19.4 Å². The molecule has 4 heteroatoms. The molecule has 0 N–H and O–H groups in total. The third-order valence-electron chi connectivity index (χ3n) is 3.33. The van der Waals surface area contributed by atoms with Crippen LogP contribution >= 0.6 is 0 Å². The zero-order valence-electron chi connectivity index (χ0n) is 11.2.